The summed E-state index contributed by atoms with van der Waals surface area (Å²) in [7, 11) is 2.94. The highest BCUT2D eigenvalue weighted by molar-refractivity contribution is 5.77. The van der Waals surface area contributed by atoms with Crippen LogP contribution >= 0.6 is 0 Å². The first-order chi connectivity index (χ1) is 8.63. The van der Waals surface area contributed by atoms with Gasteiger partial charge in [-0.2, -0.15) is 0 Å². The standard InChI is InChI=1S/C11H12F3NO4/c1-15(2)7-5-3-4-6(8(16)10(17)18)9(7)19-11(12,13)14/h3-5,8,16H,1-2H3,(H,17,18). The van der Waals surface area contributed by atoms with Gasteiger partial charge in [0.15, 0.2) is 11.9 Å². The quantitative estimate of drug-likeness (QED) is 0.879. The summed E-state index contributed by atoms with van der Waals surface area (Å²) in [5, 5.41) is 18.1. The van der Waals surface area contributed by atoms with Gasteiger partial charge in [-0.15, -0.1) is 13.2 Å². The van der Waals surface area contributed by atoms with E-state index < -0.39 is 29.7 Å². The molecule has 2 N–H and O–H groups in total. The normalized spacial score (nSPS) is 12.9. The van der Waals surface area contributed by atoms with Gasteiger partial charge in [-0.25, -0.2) is 4.79 Å². The average Bonchev–Trinajstić information content (AvgIpc) is 2.25. The van der Waals surface area contributed by atoms with E-state index in [1.807, 2.05) is 0 Å². The molecule has 1 aromatic rings. The predicted molar refractivity (Wildman–Crippen MR) is 60.0 cm³/mol. The number of carboxylic acids is 1. The number of aliphatic carboxylic acids is 1. The molecule has 1 atom stereocenters. The minimum atomic E-state index is -4.99. The van der Waals surface area contributed by atoms with Crippen molar-refractivity contribution in [3.05, 3.63) is 23.8 Å². The summed E-state index contributed by atoms with van der Waals surface area (Å²) in [4.78, 5) is 12.0. The van der Waals surface area contributed by atoms with Crippen LogP contribution in [0.3, 0.4) is 0 Å². The van der Waals surface area contributed by atoms with Gasteiger partial charge in [0.25, 0.3) is 0 Å². The molecule has 106 valence electrons. The SMILES string of the molecule is CN(C)c1cccc(C(O)C(=O)O)c1OC(F)(F)F. The fourth-order valence-electron chi connectivity index (χ4n) is 1.47. The number of para-hydroxylation sites is 1. The Labute approximate surface area is 106 Å². The number of halogens is 3. The van der Waals surface area contributed by atoms with Gasteiger partial charge < -0.3 is 19.8 Å². The van der Waals surface area contributed by atoms with Crippen molar-refractivity contribution in [2.45, 2.75) is 12.5 Å². The number of alkyl halides is 3. The lowest BCUT2D eigenvalue weighted by molar-refractivity contribution is -0.274. The van der Waals surface area contributed by atoms with Crippen molar-refractivity contribution < 1.29 is 32.9 Å². The van der Waals surface area contributed by atoms with Crippen LogP contribution in [-0.4, -0.2) is 36.6 Å². The lowest BCUT2D eigenvalue weighted by Crippen LogP contribution is -2.23. The Morgan fingerprint density at radius 1 is 1.37 bits per heavy atom. The second-order valence-corrected chi connectivity index (χ2v) is 3.88. The highest BCUT2D eigenvalue weighted by Crippen LogP contribution is 2.38. The van der Waals surface area contributed by atoms with Crippen molar-refractivity contribution in [2.75, 3.05) is 19.0 Å². The highest BCUT2D eigenvalue weighted by Gasteiger charge is 2.35. The average molecular weight is 279 g/mol. The van der Waals surface area contributed by atoms with Crippen molar-refractivity contribution in [1.29, 1.82) is 0 Å². The second-order valence-electron chi connectivity index (χ2n) is 3.88. The summed E-state index contributed by atoms with van der Waals surface area (Å²) in [5.74, 6) is -2.39. The Bertz CT molecular complexity index is 473. The Balaban J connectivity index is 3.38. The first-order valence-electron chi connectivity index (χ1n) is 5.10. The Morgan fingerprint density at radius 3 is 2.37 bits per heavy atom. The molecule has 1 rings (SSSR count). The highest BCUT2D eigenvalue weighted by atomic mass is 19.4. The Kier molecular flexibility index (Phi) is 4.25. The van der Waals surface area contributed by atoms with Gasteiger partial charge in [-0.1, -0.05) is 12.1 Å². The zero-order chi connectivity index (χ0) is 14.8. The smallest absolute Gasteiger partial charge is 0.479 e. The number of nitrogens with zero attached hydrogens (tertiary/aromatic N) is 1. The van der Waals surface area contributed by atoms with Gasteiger partial charge in [-0.05, 0) is 6.07 Å². The molecule has 0 radical (unpaired) electrons. The molecule has 0 aliphatic rings. The molecule has 0 aliphatic heterocycles. The third-order valence-electron chi connectivity index (χ3n) is 2.25. The van der Waals surface area contributed by atoms with Crippen LogP contribution in [0.5, 0.6) is 5.75 Å². The lowest BCUT2D eigenvalue weighted by atomic mass is 10.1. The van der Waals surface area contributed by atoms with E-state index in [0.717, 1.165) is 6.07 Å². The molecule has 0 saturated carbocycles. The van der Waals surface area contributed by atoms with E-state index in [0.29, 0.717) is 0 Å². The zero-order valence-corrected chi connectivity index (χ0v) is 10.1. The van der Waals surface area contributed by atoms with Gasteiger partial charge in [0, 0.05) is 19.7 Å². The van der Waals surface area contributed by atoms with E-state index in [2.05, 4.69) is 4.74 Å². The number of aliphatic hydroxyl groups excluding tert-OH is 1. The monoisotopic (exact) mass is 279 g/mol. The van der Waals surface area contributed by atoms with Crippen LogP contribution < -0.4 is 9.64 Å². The predicted octanol–water partition coefficient (Wildman–Crippen LogP) is 1.77. The maximum atomic E-state index is 12.4. The molecule has 1 aromatic carbocycles. The first kappa shape index (κ1) is 15.1. The van der Waals surface area contributed by atoms with Crippen molar-refractivity contribution in [2.24, 2.45) is 0 Å². The van der Waals surface area contributed by atoms with Crippen LogP contribution in [0.2, 0.25) is 0 Å². The number of hydrogen-bond acceptors (Lipinski definition) is 4. The number of anilines is 1. The van der Waals surface area contributed by atoms with Gasteiger partial charge in [0.2, 0.25) is 0 Å². The summed E-state index contributed by atoms with van der Waals surface area (Å²) < 4.78 is 40.9. The van der Waals surface area contributed by atoms with Crippen LogP contribution in [-0.2, 0) is 4.79 Å². The summed E-state index contributed by atoms with van der Waals surface area (Å²) in [6.45, 7) is 0. The molecule has 0 amide bonds. The molecule has 0 aliphatic carbocycles. The van der Waals surface area contributed by atoms with E-state index in [1.54, 1.807) is 0 Å². The molecule has 0 saturated heterocycles. The summed E-state index contributed by atoms with van der Waals surface area (Å²) >= 11 is 0. The molecule has 0 fully saturated rings. The molecular formula is C11H12F3NO4. The molecular weight excluding hydrogens is 267 g/mol. The number of aliphatic hydroxyl groups is 1. The first-order valence-corrected chi connectivity index (χ1v) is 5.10. The van der Waals surface area contributed by atoms with Crippen molar-refractivity contribution in [3.63, 3.8) is 0 Å². The number of benzene rings is 1. The minimum absolute atomic E-state index is 0.00938. The molecule has 0 bridgehead atoms. The topological polar surface area (TPSA) is 70.0 Å². The maximum absolute atomic E-state index is 12.4. The number of hydrogen-bond donors (Lipinski definition) is 2. The molecule has 0 aromatic heterocycles. The third kappa shape index (κ3) is 3.75. The van der Waals surface area contributed by atoms with E-state index in [9.17, 15) is 23.1 Å². The van der Waals surface area contributed by atoms with Gasteiger partial charge in [0.05, 0.1) is 5.69 Å². The largest absolute Gasteiger partial charge is 0.573 e. The summed E-state index contributed by atoms with van der Waals surface area (Å²) in [6.07, 6.45) is -7.09. The zero-order valence-electron chi connectivity index (χ0n) is 10.1. The molecule has 0 spiro atoms. The minimum Gasteiger partial charge on any atom is -0.479 e. The molecule has 19 heavy (non-hydrogen) atoms. The lowest BCUT2D eigenvalue weighted by Gasteiger charge is -2.22. The van der Waals surface area contributed by atoms with E-state index in [-0.39, 0.29) is 5.69 Å². The fourth-order valence-corrected chi connectivity index (χ4v) is 1.47. The van der Waals surface area contributed by atoms with Gasteiger partial charge >= 0.3 is 12.3 Å². The fraction of sp³-hybridized carbons (Fsp3) is 0.364. The van der Waals surface area contributed by atoms with Crippen molar-refractivity contribution in [1.82, 2.24) is 0 Å². The summed E-state index contributed by atoms with van der Waals surface area (Å²) in [5.41, 5.74) is -0.453. The number of carboxylic acid groups (broad SMARTS) is 1. The molecule has 1 unspecified atom stereocenters. The maximum Gasteiger partial charge on any atom is 0.573 e. The molecule has 5 nitrogen and oxygen atoms in total. The van der Waals surface area contributed by atoms with E-state index in [4.69, 9.17) is 5.11 Å². The Hall–Kier alpha value is -1.96. The van der Waals surface area contributed by atoms with Crippen molar-refractivity contribution in [3.8, 4) is 5.75 Å². The van der Waals surface area contributed by atoms with Crippen LogP contribution in [0.25, 0.3) is 0 Å². The number of carbonyl (C=O) groups is 1. The van der Waals surface area contributed by atoms with Crippen LogP contribution in [0.4, 0.5) is 18.9 Å². The second kappa shape index (κ2) is 5.35. The van der Waals surface area contributed by atoms with Crippen molar-refractivity contribution >= 4 is 11.7 Å². The van der Waals surface area contributed by atoms with Crippen LogP contribution in [0.15, 0.2) is 18.2 Å². The van der Waals surface area contributed by atoms with E-state index >= 15 is 0 Å². The third-order valence-corrected chi connectivity index (χ3v) is 2.25. The van der Waals surface area contributed by atoms with Gasteiger partial charge in [-0.3, -0.25) is 0 Å². The number of rotatable bonds is 4. The van der Waals surface area contributed by atoms with Crippen LogP contribution in [0.1, 0.15) is 11.7 Å². The molecule has 0 heterocycles. The number of ether oxygens (including phenoxy) is 1. The molecule has 8 heteroatoms. The Morgan fingerprint density at radius 2 is 1.95 bits per heavy atom. The van der Waals surface area contributed by atoms with E-state index in [1.165, 1.54) is 31.1 Å². The van der Waals surface area contributed by atoms with Crippen LogP contribution in [0, 0.1) is 0 Å². The summed E-state index contributed by atoms with van der Waals surface area (Å²) in [6, 6.07) is 3.71. The van der Waals surface area contributed by atoms with Gasteiger partial charge in [0.1, 0.15) is 0 Å².